The average molecular weight is 252 g/mol. The van der Waals surface area contributed by atoms with E-state index in [-0.39, 0.29) is 6.61 Å². The molecule has 0 heterocycles. The highest BCUT2D eigenvalue weighted by molar-refractivity contribution is 6.42. The average Bonchev–Trinajstić information content (AvgIpc) is 2.20. The van der Waals surface area contributed by atoms with Crippen molar-refractivity contribution in [3.63, 3.8) is 0 Å². The maximum atomic E-state index is 11.7. The van der Waals surface area contributed by atoms with Gasteiger partial charge in [0.25, 0.3) is 0 Å². The van der Waals surface area contributed by atoms with Gasteiger partial charge in [0, 0.05) is 5.69 Å². The van der Waals surface area contributed by atoms with Gasteiger partial charge in [0.15, 0.2) is 0 Å². The van der Waals surface area contributed by atoms with Crippen molar-refractivity contribution in [3.05, 3.63) is 28.2 Å². The van der Waals surface area contributed by atoms with Crippen LogP contribution in [-0.4, -0.2) is 19.4 Å². The third-order valence-corrected chi connectivity index (χ3v) is 2.22. The molecule has 0 unspecified atom stereocenters. The smallest absolute Gasteiger partial charge is 0.411 e. The second-order valence-electron chi connectivity index (χ2n) is 2.58. The topological polar surface area (TPSA) is 38.3 Å². The van der Waals surface area contributed by atoms with E-state index >= 15 is 0 Å². The first kappa shape index (κ1) is 12.1. The molecule has 1 amide bonds. The van der Waals surface area contributed by atoms with Crippen molar-refractivity contribution in [1.29, 1.82) is 0 Å². The summed E-state index contributed by atoms with van der Waals surface area (Å²) in [4.78, 5) is 11.0. The zero-order valence-corrected chi connectivity index (χ0v) is 9.11. The van der Waals surface area contributed by atoms with E-state index in [2.05, 4.69) is 10.1 Å². The Balaban J connectivity index is 2.57. The Bertz CT molecular complexity index is 360. The molecule has 1 rings (SSSR count). The van der Waals surface area contributed by atoms with Crippen molar-refractivity contribution in [2.45, 2.75) is 0 Å². The lowest BCUT2D eigenvalue weighted by atomic mass is 10.3. The number of anilines is 1. The van der Waals surface area contributed by atoms with Crippen molar-refractivity contribution in [1.82, 2.24) is 0 Å². The highest BCUT2D eigenvalue weighted by Gasteiger charge is 2.04. The molecule has 0 aromatic heterocycles. The molecular formula is C9H8Cl2FNO2. The minimum Gasteiger partial charge on any atom is -0.447 e. The first-order valence-corrected chi connectivity index (χ1v) is 4.84. The predicted molar refractivity (Wildman–Crippen MR) is 57.4 cm³/mol. The van der Waals surface area contributed by atoms with Crippen molar-refractivity contribution in [2.75, 3.05) is 18.6 Å². The third kappa shape index (κ3) is 3.93. The van der Waals surface area contributed by atoms with Crippen molar-refractivity contribution in [2.24, 2.45) is 0 Å². The molecule has 82 valence electrons. The summed E-state index contributed by atoms with van der Waals surface area (Å²) in [7, 11) is 0. The van der Waals surface area contributed by atoms with Gasteiger partial charge in [-0.1, -0.05) is 23.2 Å². The van der Waals surface area contributed by atoms with Crippen LogP contribution >= 0.6 is 23.2 Å². The summed E-state index contributed by atoms with van der Waals surface area (Å²) < 4.78 is 16.1. The molecule has 0 spiro atoms. The van der Waals surface area contributed by atoms with Crippen LogP contribution in [0, 0.1) is 0 Å². The maximum absolute atomic E-state index is 11.7. The molecule has 0 saturated heterocycles. The van der Waals surface area contributed by atoms with E-state index in [9.17, 15) is 9.18 Å². The first-order valence-electron chi connectivity index (χ1n) is 4.08. The number of amides is 1. The van der Waals surface area contributed by atoms with Crippen LogP contribution in [0.4, 0.5) is 14.9 Å². The summed E-state index contributed by atoms with van der Waals surface area (Å²) in [5.41, 5.74) is 0.438. The molecule has 0 bridgehead atoms. The van der Waals surface area contributed by atoms with Gasteiger partial charge in [-0.15, -0.1) is 0 Å². The quantitative estimate of drug-likeness (QED) is 0.893. The fraction of sp³-hybridized carbons (Fsp3) is 0.222. The van der Waals surface area contributed by atoms with Gasteiger partial charge in [0.2, 0.25) is 0 Å². The van der Waals surface area contributed by atoms with E-state index < -0.39 is 12.8 Å². The van der Waals surface area contributed by atoms with Gasteiger partial charge in [0.1, 0.15) is 13.3 Å². The molecule has 0 saturated carbocycles. The second-order valence-corrected chi connectivity index (χ2v) is 3.39. The summed E-state index contributed by atoms with van der Waals surface area (Å²) in [6.45, 7) is -0.984. The Kier molecular flexibility index (Phi) is 4.65. The van der Waals surface area contributed by atoms with E-state index in [1.807, 2.05) is 0 Å². The minimum atomic E-state index is -0.731. The van der Waals surface area contributed by atoms with Gasteiger partial charge in [-0.05, 0) is 18.2 Å². The van der Waals surface area contributed by atoms with Crippen LogP contribution in [0.15, 0.2) is 18.2 Å². The normalized spacial score (nSPS) is 9.80. The van der Waals surface area contributed by atoms with Crippen LogP contribution < -0.4 is 5.32 Å². The number of ether oxygens (including phenoxy) is 1. The van der Waals surface area contributed by atoms with Gasteiger partial charge in [0.05, 0.1) is 10.0 Å². The van der Waals surface area contributed by atoms with Gasteiger partial charge in [-0.25, -0.2) is 9.18 Å². The maximum Gasteiger partial charge on any atom is 0.411 e. The molecular weight excluding hydrogens is 244 g/mol. The number of alkyl halides is 1. The van der Waals surface area contributed by atoms with E-state index in [1.54, 1.807) is 6.07 Å². The molecule has 0 aliphatic rings. The molecule has 15 heavy (non-hydrogen) atoms. The molecule has 1 aromatic carbocycles. The number of carbonyl (C=O) groups excluding carboxylic acids is 1. The van der Waals surface area contributed by atoms with Crippen LogP contribution in [-0.2, 0) is 4.74 Å². The summed E-state index contributed by atoms with van der Waals surface area (Å²) in [6, 6.07) is 4.57. The Labute approximate surface area is 96.1 Å². The van der Waals surface area contributed by atoms with E-state index in [0.29, 0.717) is 15.7 Å². The lowest BCUT2D eigenvalue weighted by molar-refractivity contribution is 0.152. The lowest BCUT2D eigenvalue weighted by Gasteiger charge is -2.06. The van der Waals surface area contributed by atoms with E-state index in [0.717, 1.165) is 0 Å². The zero-order chi connectivity index (χ0) is 11.3. The Morgan fingerprint density at radius 3 is 2.73 bits per heavy atom. The number of nitrogens with one attached hydrogen (secondary N) is 1. The largest absolute Gasteiger partial charge is 0.447 e. The molecule has 3 nitrogen and oxygen atoms in total. The highest BCUT2D eigenvalue weighted by Crippen LogP contribution is 2.24. The Hall–Kier alpha value is -1.00. The summed E-state index contributed by atoms with van der Waals surface area (Å²) in [5, 5.41) is 3.08. The van der Waals surface area contributed by atoms with Gasteiger partial charge in [-0.3, -0.25) is 5.32 Å². The van der Waals surface area contributed by atoms with Crippen LogP contribution in [0.3, 0.4) is 0 Å². The van der Waals surface area contributed by atoms with Gasteiger partial charge in [-0.2, -0.15) is 0 Å². The zero-order valence-electron chi connectivity index (χ0n) is 7.60. The Morgan fingerprint density at radius 1 is 1.40 bits per heavy atom. The monoisotopic (exact) mass is 251 g/mol. The highest BCUT2D eigenvalue weighted by atomic mass is 35.5. The van der Waals surface area contributed by atoms with Gasteiger partial charge >= 0.3 is 6.09 Å². The molecule has 0 radical (unpaired) electrons. The SMILES string of the molecule is O=C(Nc1ccc(Cl)c(Cl)c1)OCCF. The number of carbonyl (C=O) groups is 1. The van der Waals surface area contributed by atoms with Crippen molar-refractivity contribution < 1.29 is 13.9 Å². The molecule has 6 heteroatoms. The number of halogens is 3. The van der Waals surface area contributed by atoms with Crippen LogP contribution in [0.1, 0.15) is 0 Å². The minimum absolute atomic E-state index is 0.271. The van der Waals surface area contributed by atoms with E-state index in [1.165, 1.54) is 12.1 Å². The standard InChI is InChI=1S/C9H8Cl2FNO2/c10-7-2-1-6(5-8(7)11)13-9(14)15-4-3-12/h1-2,5H,3-4H2,(H,13,14). The van der Waals surface area contributed by atoms with Crippen LogP contribution in [0.5, 0.6) is 0 Å². The number of rotatable bonds is 3. The molecule has 1 aromatic rings. The third-order valence-electron chi connectivity index (χ3n) is 1.48. The number of benzene rings is 1. The van der Waals surface area contributed by atoms with E-state index in [4.69, 9.17) is 23.2 Å². The Morgan fingerprint density at radius 2 is 2.13 bits per heavy atom. The fourth-order valence-corrected chi connectivity index (χ4v) is 1.16. The molecule has 0 aliphatic carbocycles. The van der Waals surface area contributed by atoms with Crippen LogP contribution in [0.2, 0.25) is 10.0 Å². The second kappa shape index (κ2) is 5.78. The predicted octanol–water partition coefficient (Wildman–Crippen LogP) is 3.51. The molecule has 0 atom stereocenters. The van der Waals surface area contributed by atoms with Crippen molar-refractivity contribution >= 4 is 35.0 Å². The van der Waals surface area contributed by atoms with Gasteiger partial charge < -0.3 is 4.74 Å². The van der Waals surface area contributed by atoms with Crippen molar-refractivity contribution in [3.8, 4) is 0 Å². The fourth-order valence-electron chi connectivity index (χ4n) is 0.859. The summed E-state index contributed by atoms with van der Waals surface area (Å²) in [6.07, 6.45) is -0.731. The van der Waals surface area contributed by atoms with Crippen LogP contribution in [0.25, 0.3) is 0 Å². The molecule has 0 fully saturated rings. The summed E-state index contributed by atoms with van der Waals surface area (Å²) >= 11 is 11.4. The number of hydrogen-bond acceptors (Lipinski definition) is 2. The lowest BCUT2D eigenvalue weighted by Crippen LogP contribution is -2.14. The first-order chi connectivity index (χ1) is 7.13. The number of hydrogen-bond donors (Lipinski definition) is 1. The molecule has 1 N–H and O–H groups in total. The molecule has 0 aliphatic heterocycles. The summed E-state index contributed by atoms with van der Waals surface area (Å²) in [5.74, 6) is 0.